The molecule has 1 heteroatoms. The summed E-state index contributed by atoms with van der Waals surface area (Å²) in [7, 11) is 0. The standard InChI is InChI=1S/C36H77As/c1-5-9-13-17-21-25-29-33-37(34-30-26-22-18-14-10-6-2,35-31-27-23-19-15-11-7-3)36-32-28-24-20-16-12-8-4/h37H,5-36H2,1-4H3. The summed E-state index contributed by atoms with van der Waals surface area (Å²) in [5.41, 5.74) is 0. The molecule has 0 amide bonds. The van der Waals surface area contributed by atoms with Crippen molar-refractivity contribution in [3.63, 3.8) is 0 Å². The molecule has 0 aromatic rings. The second-order valence-corrected chi connectivity index (χ2v) is 23.5. The fraction of sp³-hybridized carbons (Fsp3) is 1.00. The maximum absolute atomic E-state index is 2.35. The molecule has 0 aliphatic rings. The van der Waals surface area contributed by atoms with Gasteiger partial charge in [-0.2, -0.15) is 0 Å². The summed E-state index contributed by atoms with van der Waals surface area (Å²) in [5, 5.41) is 6.93. The van der Waals surface area contributed by atoms with Crippen molar-refractivity contribution in [2.24, 2.45) is 0 Å². The Kier molecular flexibility index (Phi) is 31.6. The minimum atomic E-state index is -1.72. The van der Waals surface area contributed by atoms with Crippen molar-refractivity contribution in [1.82, 2.24) is 0 Å². The number of hydrogen-bond acceptors (Lipinski definition) is 0. The van der Waals surface area contributed by atoms with Crippen molar-refractivity contribution >= 4 is 13.6 Å². The molecule has 0 rings (SSSR count). The van der Waals surface area contributed by atoms with E-state index in [0.717, 1.165) is 0 Å². The average molecular weight is 585 g/mol. The van der Waals surface area contributed by atoms with Crippen molar-refractivity contribution in [2.75, 3.05) is 0 Å². The summed E-state index contributed by atoms with van der Waals surface area (Å²) >= 11 is -1.72. The second-order valence-electron chi connectivity index (χ2n) is 13.0. The van der Waals surface area contributed by atoms with Crippen LogP contribution in [0, 0.1) is 0 Å². The molecule has 0 nitrogen and oxygen atoms in total. The predicted molar refractivity (Wildman–Crippen MR) is 178 cm³/mol. The molecule has 0 saturated heterocycles. The van der Waals surface area contributed by atoms with Crippen LogP contribution in [0.25, 0.3) is 0 Å². The topological polar surface area (TPSA) is 0 Å². The van der Waals surface area contributed by atoms with Crippen LogP contribution >= 0.6 is 0 Å². The first kappa shape index (κ1) is 37.6. The zero-order chi connectivity index (χ0) is 27.1. The van der Waals surface area contributed by atoms with E-state index in [1.165, 1.54) is 128 Å². The van der Waals surface area contributed by atoms with Crippen molar-refractivity contribution in [2.45, 2.75) is 228 Å². The van der Waals surface area contributed by atoms with E-state index in [0.29, 0.717) is 0 Å². The third-order valence-corrected chi connectivity index (χ3v) is 21.1. The summed E-state index contributed by atoms with van der Waals surface area (Å²) in [6.45, 7) is 9.39. The van der Waals surface area contributed by atoms with E-state index in [4.69, 9.17) is 0 Å². The van der Waals surface area contributed by atoms with Gasteiger partial charge >= 0.3 is 242 Å². The van der Waals surface area contributed by atoms with E-state index in [2.05, 4.69) is 27.7 Å². The van der Waals surface area contributed by atoms with Crippen LogP contribution in [0.2, 0.25) is 20.8 Å². The zero-order valence-corrected chi connectivity index (χ0v) is 29.2. The Labute approximate surface area is 241 Å². The summed E-state index contributed by atoms with van der Waals surface area (Å²) in [6.07, 6.45) is 41.9. The maximum atomic E-state index is 2.35. The first-order chi connectivity index (χ1) is 18.2. The van der Waals surface area contributed by atoms with Gasteiger partial charge in [-0.1, -0.05) is 0 Å². The van der Waals surface area contributed by atoms with Gasteiger partial charge in [0.2, 0.25) is 0 Å². The van der Waals surface area contributed by atoms with Crippen LogP contribution in [-0.4, -0.2) is 13.6 Å². The van der Waals surface area contributed by atoms with Gasteiger partial charge in [0.15, 0.2) is 0 Å². The van der Waals surface area contributed by atoms with Crippen LogP contribution in [0.15, 0.2) is 0 Å². The fourth-order valence-electron chi connectivity index (χ4n) is 6.58. The Hall–Kier alpha value is 0.558. The number of rotatable bonds is 32. The Morgan fingerprint density at radius 2 is 0.378 bits per heavy atom. The van der Waals surface area contributed by atoms with Gasteiger partial charge in [-0.25, -0.2) is 0 Å². The SMILES string of the molecule is CCCCCCCCC[AsH](CCCCCCCCC)(CCCCCCCCC)CCCCCCCCC. The average Bonchev–Trinajstić information content (AvgIpc) is 2.91. The van der Waals surface area contributed by atoms with Gasteiger partial charge in [0.1, 0.15) is 0 Å². The van der Waals surface area contributed by atoms with E-state index in [1.54, 1.807) is 72.2 Å². The van der Waals surface area contributed by atoms with Gasteiger partial charge < -0.3 is 0 Å². The van der Waals surface area contributed by atoms with Crippen LogP contribution in [-0.2, 0) is 0 Å². The second kappa shape index (κ2) is 31.1. The van der Waals surface area contributed by atoms with E-state index in [1.807, 2.05) is 0 Å². The van der Waals surface area contributed by atoms with E-state index in [9.17, 15) is 0 Å². The van der Waals surface area contributed by atoms with Gasteiger partial charge in [-0.3, -0.25) is 0 Å². The monoisotopic (exact) mass is 585 g/mol. The summed E-state index contributed by atoms with van der Waals surface area (Å²) < 4.78 is 0. The molecule has 0 saturated carbocycles. The van der Waals surface area contributed by atoms with Gasteiger partial charge in [-0.15, -0.1) is 0 Å². The molecule has 37 heavy (non-hydrogen) atoms. The van der Waals surface area contributed by atoms with Crippen molar-refractivity contribution in [3.8, 4) is 0 Å². The minimum absolute atomic E-state index is 1.38. The van der Waals surface area contributed by atoms with Gasteiger partial charge in [0.05, 0.1) is 0 Å². The summed E-state index contributed by atoms with van der Waals surface area (Å²) in [6, 6.07) is 0. The fourth-order valence-corrected chi connectivity index (χ4v) is 18.1. The summed E-state index contributed by atoms with van der Waals surface area (Å²) in [4.78, 5) is 0. The van der Waals surface area contributed by atoms with Crippen molar-refractivity contribution in [1.29, 1.82) is 0 Å². The van der Waals surface area contributed by atoms with E-state index < -0.39 is 13.6 Å². The van der Waals surface area contributed by atoms with Crippen LogP contribution in [0.1, 0.15) is 207 Å². The first-order valence-electron chi connectivity index (χ1n) is 18.2. The molecule has 0 aliphatic carbocycles. The van der Waals surface area contributed by atoms with E-state index >= 15 is 0 Å². The number of unbranched alkanes of at least 4 members (excludes halogenated alkanes) is 24. The molecule has 0 heterocycles. The molecule has 0 bridgehead atoms. The molecule has 0 aliphatic heterocycles. The predicted octanol–water partition coefficient (Wildman–Crippen LogP) is 14.2. The molecule has 0 radical (unpaired) electrons. The molecule has 226 valence electrons. The van der Waals surface area contributed by atoms with Crippen LogP contribution in [0.3, 0.4) is 0 Å². The molecule has 0 unspecified atom stereocenters. The molecule has 0 fully saturated rings. The molecular formula is C36H77As. The zero-order valence-electron chi connectivity index (χ0n) is 27.1. The van der Waals surface area contributed by atoms with Crippen molar-refractivity contribution < 1.29 is 0 Å². The molecule has 0 N–H and O–H groups in total. The van der Waals surface area contributed by atoms with Crippen LogP contribution in [0.5, 0.6) is 0 Å². The van der Waals surface area contributed by atoms with Gasteiger partial charge in [0, 0.05) is 0 Å². The Bertz CT molecular complexity index is 326. The third-order valence-electron chi connectivity index (χ3n) is 9.24. The molecular weight excluding hydrogens is 507 g/mol. The molecule has 0 aromatic heterocycles. The third kappa shape index (κ3) is 26.5. The van der Waals surface area contributed by atoms with Crippen molar-refractivity contribution in [3.05, 3.63) is 0 Å². The quantitative estimate of drug-likeness (QED) is 0.0545. The molecule has 0 atom stereocenters. The first-order valence-corrected chi connectivity index (χ1v) is 24.2. The summed E-state index contributed by atoms with van der Waals surface area (Å²) in [5.74, 6) is 0. The van der Waals surface area contributed by atoms with Crippen LogP contribution in [0.4, 0.5) is 0 Å². The Balaban J connectivity index is 4.78. The van der Waals surface area contributed by atoms with Gasteiger partial charge in [0.25, 0.3) is 0 Å². The van der Waals surface area contributed by atoms with Crippen LogP contribution < -0.4 is 0 Å². The molecule has 0 spiro atoms. The van der Waals surface area contributed by atoms with Gasteiger partial charge in [-0.05, 0) is 0 Å². The Morgan fingerprint density at radius 1 is 0.216 bits per heavy atom. The normalized spacial score (nSPS) is 12.4. The Morgan fingerprint density at radius 3 is 0.568 bits per heavy atom. The van der Waals surface area contributed by atoms with E-state index in [-0.39, 0.29) is 0 Å². The molecule has 0 aromatic carbocycles. The number of hydrogen-bond donors (Lipinski definition) is 0.